The maximum Gasteiger partial charge on any atom is 0.142 e. The number of rotatable bonds is 4. The smallest absolute Gasteiger partial charge is 0.142 e. The van der Waals surface area contributed by atoms with Gasteiger partial charge >= 0.3 is 0 Å². The van der Waals surface area contributed by atoms with Gasteiger partial charge in [-0.2, -0.15) is 0 Å². The van der Waals surface area contributed by atoms with Crippen LogP contribution in [0.4, 0.5) is 5.69 Å². The van der Waals surface area contributed by atoms with Gasteiger partial charge in [0.15, 0.2) is 0 Å². The van der Waals surface area contributed by atoms with Crippen molar-refractivity contribution in [3.63, 3.8) is 0 Å². The van der Waals surface area contributed by atoms with Gasteiger partial charge in [-0.3, -0.25) is 0 Å². The number of imidazole rings is 1. The molecule has 116 valence electrons. The van der Waals surface area contributed by atoms with E-state index < -0.39 is 0 Å². The van der Waals surface area contributed by atoms with Gasteiger partial charge in [0.1, 0.15) is 11.6 Å². The second kappa shape index (κ2) is 6.05. The molecule has 2 aromatic carbocycles. The monoisotopic (exact) mass is 305 g/mol. The third-order valence-electron chi connectivity index (χ3n) is 3.82. The summed E-state index contributed by atoms with van der Waals surface area (Å²) in [6, 6.07) is 11.8. The minimum Gasteiger partial charge on any atom is -0.494 e. The van der Waals surface area contributed by atoms with Crippen LogP contribution in [0.1, 0.15) is 12.5 Å². The molecule has 0 saturated carbocycles. The van der Waals surface area contributed by atoms with Gasteiger partial charge in [-0.05, 0) is 37.6 Å². The molecular weight excluding hydrogens is 286 g/mol. The Hall–Kier alpha value is -2.93. The minimum atomic E-state index is 0.452. The number of nitrogen functional groups attached to an aromatic ring is 1. The van der Waals surface area contributed by atoms with Crippen molar-refractivity contribution in [2.24, 2.45) is 0 Å². The lowest BCUT2D eigenvalue weighted by Crippen LogP contribution is -2.00. The van der Waals surface area contributed by atoms with Crippen LogP contribution in [0.2, 0.25) is 0 Å². The predicted octanol–water partition coefficient (Wildman–Crippen LogP) is 3.63. The van der Waals surface area contributed by atoms with Gasteiger partial charge < -0.3 is 15.0 Å². The average molecular weight is 305 g/mol. The third-order valence-corrected chi connectivity index (χ3v) is 3.82. The second-order valence-electron chi connectivity index (χ2n) is 5.38. The van der Waals surface area contributed by atoms with Gasteiger partial charge in [0.25, 0.3) is 0 Å². The molecule has 0 bridgehead atoms. The van der Waals surface area contributed by atoms with E-state index in [2.05, 4.69) is 5.92 Å². The van der Waals surface area contributed by atoms with E-state index in [4.69, 9.17) is 21.9 Å². The summed E-state index contributed by atoms with van der Waals surface area (Å²) in [5.41, 5.74) is 10.6. The molecule has 1 heterocycles. The maximum absolute atomic E-state index is 6.04. The number of aryl methyl sites for hydroxylation is 1. The lowest BCUT2D eigenvalue weighted by molar-refractivity contribution is 0.340. The van der Waals surface area contributed by atoms with Crippen molar-refractivity contribution in [1.29, 1.82) is 0 Å². The van der Waals surface area contributed by atoms with E-state index in [1.807, 2.05) is 54.8 Å². The molecule has 3 aromatic rings. The van der Waals surface area contributed by atoms with Gasteiger partial charge in [-0.1, -0.05) is 18.1 Å². The molecule has 0 radical (unpaired) electrons. The Morgan fingerprint density at radius 3 is 2.78 bits per heavy atom. The van der Waals surface area contributed by atoms with Crippen LogP contribution in [0.5, 0.6) is 5.75 Å². The molecule has 0 aliphatic rings. The lowest BCUT2D eigenvalue weighted by Gasteiger charge is -2.08. The van der Waals surface area contributed by atoms with Crippen molar-refractivity contribution in [3.8, 4) is 29.5 Å². The summed E-state index contributed by atoms with van der Waals surface area (Å²) in [6.07, 6.45) is 5.54. The SMILES string of the molecule is C#CCn1c(-c2ccc(C)c(N)c2)nc2cc(OCC)ccc21. The highest BCUT2D eigenvalue weighted by Gasteiger charge is 2.13. The molecule has 1 aromatic heterocycles. The van der Waals surface area contributed by atoms with Crippen molar-refractivity contribution in [3.05, 3.63) is 42.0 Å². The first-order chi connectivity index (χ1) is 11.1. The minimum absolute atomic E-state index is 0.452. The number of anilines is 1. The Bertz CT molecular complexity index is 903. The molecule has 4 heteroatoms. The van der Waals surface area contributed by atoms with Crippen molar-refractivity contribution in [2.45, 2.75) is 20.4 Å². The Balaban J connectivity index is 2.20. The van der Waals surface area contributed by atoms with E-state index in [1.54, 1.807) is 0 Å². The topological polar surface area (TPSA) is 53.1 Å². The number of nitrogens with two attached hydrogens (primary N) is 1. The molecule has 0 spiro atoms. The standard InChI is InChI=1S/C19H19N3O/c1-4-10-22-18-9-8-15(23-5-2)12-17(18)21-19(22)14-7-6-13(3)16(20)11-14/h1,6-9,11-12H,5,10,20H2,2-3H3. The van der Waals surface area contributed by atoms with E-state index in [0.29, 0.717) is 13.2 Å². The average Bonchev–Trinajstić information content (AvgIpc) is 2.89. The van der Waals surface area contributed by atoms with Crippen molar-refractivity contribution >= 4 is 16.7 Å². The summed E-state index contributed by atoms with van der Waals surface area (Å²) in [7, 11) is 0. The van der Waals surface area contributed by atoms with Crippen LogP contribution in [0, 0.1) is 19.3 Å². The van der Waals surface area contributed by atoms with Crippen LogP contribution in [-0.2, 0) is 6.54 Å². The van der Waals surface area contributed by atoms with Crippen LogP contribution >= 0.6 is 0 Å². The van der Waals surface area contributed by atoms with Gasteiger partial charge in [-0.15, -0.1) is 6.42 Å². The molecule has 0 atom stereocenters. The van der Waals surface area contributed by atoms with E-state index in [1.165, 1.54) is 0 Å². The van der Waals surface area contributed by atoms with E-state index >= 15 is 0 Å². The fraction of sp³-hybridized carbons (Fsp3) is 0.211. The molecule has 0 fully saturated rings. The summed E-state index contributed by atoms with van der Waals surface area (Å²) >= 11 is 0. The highest BCUT2D eigenvalue weighted by atomic mass is 16.5. The van der Waals surface area contributed by atoms with Gasteiger partial charge in [-0.25, -0.2) is 4.98 Å². The number of aromatic nitrogens is 2. The number of terminal acetylenes is 1. The van der Waals surface area contributed by atoms with E-state index in [-0.39, 0.29) is 0 Å². The van der Waals surface area contributed by atoms with Crippen LogP contribution in [-0.4, -0.2) is 16.2 Å². The summed E-state index contributed by atoms with van der Waals surface area (Å²) in [5.74, 6) is 4.32. The molecule has 0 unspecified atom stereocenters. The number of ether oxygens (including phenoxy) is 1. The van der Waals surface area contributed by atoms with Crippen LogP contribution in [0.3, 0.4) is 0 Å². The number of benzene rings is 2. The third kappa shape index (κ3) is 2.74. The highest BCUT2D eigenvalue weighted by molar-refractivity contribution is 5.82. The van der Waals surface area contributed by atoms with Crippen molar-refractivity contribution in [1.82, 2.24) is 9.55 Å². The Morgan fingerprint density at radius 2 is 2.09 bits per heavy atom. The number of nitrogens with zero attached hydrogens (tertiary/aromatic N) is 2. The molecule has 4 nitrogen and oxygen atoms in total. The first-order valence-electron chi connectivity index (χ1n) is 7.57. The van der Waals surface area contributed by atoms with Crippen molar-refractivity contribution < 1.29 is 4.74 Å². The maximum atomic E-state index is 6.04. The first kappa shape index (κ1) is 15.0. The normalized spacial score (nSPS) is 10.7. The van der Waals surface area contributed by atoms with E-state index in [0.717, 1.165) is 39.4 Å². The summed E-state index contributed by atoms with van der Waals surface area (Å²) < 4.78 is 7.58. The Morgan fingerprint density at radius 1 is 1.26 bits per heavy atom. The molecule has 0 aliphatic heterocycles. The number of hydrogen-bond acceptors (Lipinski definition) is 3. The van der Waals surface area contributed by atoms with E-state index in [9.17, 15) is 0 Å². The second-order valence-corrected chi connectivity index (χ2v) is 5.38. The number of fused-ring (bicyclic) bond motifs is 1. The van der Waals surface area contributed by atoms with Crippen molar-refractivity contribution in [2.75, 3.05) is 12.3 Å². The Kier molecular flexibility index (Phi) is 3.94. The predicted molar refractivity (Wildman–Crippen MR) is 94.3 cm³/mol. The Labute approximate surface area is 135 Å². The quantitative estimate of drug-likeness (QED) is 0.591. The zero-order valence-corrected chi connectivity index (χ0v) is 13.3. The summed E-state index contributed by atoms with van der Waals surface area (Å²) in [4.78, 5) is 4.75. The molecule has 23 heavy (non-hydrogen) atoms. The molecular formula is C19H19N3O. The summed E-state index contributed by atoms with van der Waals surface area (Å²) in [6.45, 7) is 5.02. The zero-order chi connectivity index (χ0) is 16.4. The molecule has 0 saturated heterocycles. The zero-order valence-electron chi connectivity index (χ0n) is 13.3. The lowest BCUT2D eigenvalue weighted by atomic mass is 10.1. The van der Waals surface area contributed by atoms with Gasteiger partial charge in [0, 0.05) is 17.3 Å². The fourth-order valence-electron chi connectivity index (χ4n) is 2.62. The molecule has 0 amide bonds. The number of hydrogen-bond donors (Lipinski definition) is 1. The molecule has 3 rings (SSSR count). The highest BCUT2D eigenvalue weighted by Crippen LogP contribution is 2.29. The van der Waals surface area contributed by atoms with Crippen LogP contribution < -0.4 is 10.5 Å². The largest absolute Gasteiger partial charge is 0.494 e. The van der Waals surface area contributed by atoms with Crippen LogP contribution in [0.15, 0.2) is 36.4 Å². The van der Waals surface area contributed by atoms with Gasteiger partial charge in [0.2, 0.25) is 0 Å². The molecule has 0 aliphatic carbocycles. The van der Waals surface area contributed by atoms with Crippen LogP contribution in [0.25, 0.3) is 22.4 Å². The summed E-state index contributed by atoms with van der Waals surface area (Å²) in [5, 5.41) is 0. The van der Waals surface area contributed by atoms with Gasteiger partial charge in [0.05, 0.1) is 24.2 Å². The fourth-order valence-corrected chi connectivity index (χ4v) is 2.62. The first-order valence-corrected chi connectivity index (χ1v) is 7.57. The molecule has 2 N–H and O–H groups in total.